The number of ether oxygens (including phenoxy) is 1. The number of hydrogen-bond acceptors (Lipinski definition) is 3. The Hall–Kier alpha value is -3.20. The number of hydrogen-bond donors (Lipinski definition) is 0. The van der Waals surface area contributed by atoms with Gasteiger partial charge in [0, 0.05) is 17.5 Å². The molecule has 0 saturated carbocycles. The van der Waals surface area contributed by atoms with Crippen LogP contribution in [0.5, 0.6) is 0 Å². The topological polar surface area (TPSA) is 38.7 Å². The highest BCUT2D eigenvalue weighted by atomic mass is 16.5. The molecule has 0 fully saturated rings. The van der Waals surface area contributed by atoms with Crippen molar-refractivity contribution in [2.24, 2.45) is 4.99 Å². The number of aliphatic imine (C=N–C) groups is 1. The molecule has 0 N–H and O–H groups in total. The van der Waals surface area contributed by atoms with Crippen LogP contribution in [-0.2, 0) is 16.0 Å². The average molecular weight is 386 g/mol. The minimum Gasteiger partial charge on any atom is -0.464 e. The number of benzene rings is 3. The zero-order valence-electron chi connectivity index (χ0n) is 16.8. The number of esters is 1. The van der Waals surface area contributed by atoms with E-state index in [4.69, 9.17) is 9.73 Å². The van der Waals surface area contributed by atoms with Crippen molar-refractivity contribution in [3.8, 4) is 0 Å². The van der Waals surface area contributed by atoms with Gasteiger partial charge in [-0.1, -0.05) is 104 Å². The summed E-state index contributed by atoms with van der Waals surface area (Å²) in [6.07, 6.45) is 2.35. The van der Waals surface area contributed by atoms with Crippen molar-refractivity contribution in [3.63, 3.8) is 0 Å². The highest BCUT2D eigenvalue weighted by Crippen LogP contribution is 2.15. The number of carbonyl (C=O) groups excluding carboxylic acids is 1. The predicted molar refractivity (Wildman–Crippen MR) is 118 cm³/mol. The Bertz CT molecular complexity index is 864. The molecule has 0 bridgehead atoms. The zero-order chi connectivity index (χ0) is 20.3. The molecule has 0 aliphatic rings. The van der Waals surface area contributed by atoms with E-state index in [9.17, 15) is 4.79 Å². The number of unbranched alkanes of at least 4 members (excludes halogenated alkanes) is 1. The van der Waals surface area contributed by atoms with Crippen LogP contribution < -0.4 is 0 Å². The second-order valence-corrected chi connectivity index (χ2v) is 6.94. The minimum atomic E-state index is -0.593. The van der Waals surface area contributed by atoms with E-state index < -0.39 is 6.04 Å². The van der Waals surface area contributed by atoms with E-state index >= 15 is 0 Å². The lowest BCUT2D eigenvalue weighted by Crippen LogP contribution is -2.26. The molecule has 0 aromatic heterocycles. The maximum atomic E-state index is 12.9. The van der Waals surface area contributed by atoms with Crippen LogP contribution in [0, 0.1) is 0 Å². The van der Waals surface area contributed by atoms with E-state index in [1.165, 1.54) is 0 Å². The first kappa shape index (κ1) is 20.5. The third-order valence-electron chi connectivity index (χ3n) is 4.67. The summed E-state index contributed by atoms with van der Waals surface area (Å²) in [5.74, 6) is -0.272. The Morgan fingerprint density at radius 2 is 1.34 bits per heavy atom. The SMILES string of the molecule is CCCCOC(=O)C(Cc1ccccc1)N=C(c1ccccc1)c1ccccc1. The van der Waals surface area contributed by atoms with E-state index in [1.807, 2.05) is 91.0 Å². The van der Waals surface area contributed by atoms with Crippen LogP contribution in [0.3, 0.4) is 0 Å². The smallest absolute Gasteiger partial charge is 0.331 e. The fraction of sp³-hybridized carbons (Fsp3) is 0.231. The number of nitrogens with zero attached hydrogens (tertiary/aromatic N) is 1. The van der Waals surface area contributed by atoms with Crippen LogP contribution in [0.4, 0.5) is 0 Å². The lowest BCUT2D eigenvalue weighted by atomic mass is 10.0. The summed E-state index contributed by atoms with van der Waals surface area (Å²) < 4.78 is 5.54. The van der Waals surface area contributed by atoms with E-state index in [2.05, 4.69) is 6.92 Å². The summed E-state index contributed by atoms with van der Waals surface area (Å²) in [5, 5.41) is 0. The van der Waals surface area contributed by atoms with E-state index in [-0.39, 0.29) is 5.97 Å². The Kier molecular flexibility index (Phi) is 7.76. The van der Waals surface area contributed by atoms with Crippen LogP contribution in [0.15, 0.2) is 96.0 Å². The maximum absolute atomic E-state index is 12.9. The van der Waals surface area contributed by atoms with Crippen LogP contribution in [0.25, 0.3) is 0 Å². The first-order chi connectivity index (χ1) is 14.3. The van der Waals surface area contributed by atoms with Gasteiger partial charge in [-0.25, -0.2) is 4.79 Å². The molecular weight excluding hydrogens is 358 g/mol. The molecule has 3 rings (SSSR count). The number of carbonyl (C=O) groups is 1. The number of rotatable bonds is 9. The highest BCUT2D eigenvalue weighted by Gasteiger charge is 2.21. The monoisotopic (exact) mass is 385 g/mol. The van der Waals surface area contributed by atoms with Gasteiger partial charge in [0.1, 0.15) is 0 Å². The molecule has 0 saturated heterocycles. The van der Waals surface area contributed by atoms with Crippen LogP contribution in [0.2, 0.25) is 0 Å². The van der Waals surface area contributed by atoms with Gasteiger partial charge in [0.2, 0.25) is 0 Å². The summed E-state index contributed by atoms with van der Waals surface area (Å²) in [6.45, 7) is 2.51. The van der Waals surface area contributed by atoms with Crippen molar-refractivity contribution >= 4 is 11.7 Å². The standard InChI is InChI=1S/C26H27NO2/c1-2-3-19-29-26(28)24(20-21-13-7-4-8-14-21)27-25(22-15-9-5-10-16-22)23-17-11-6-12-18-23/h4-18,24H,2-3,19-20H2,1H3. The fourth-order valence-electron chi connectivity index (χ4n) is 3.10. The Labute approximate surface area is 173 Å². The molecule has 1 atom stereocenters. The largest absolute Gasteiger partial charge is 0.464 e. The molecule has 1 unspecified atom stereocenters. The van der Waals surface area contributed by atoms with E-state index in [0.29, 0.717) is 13.0 Å². The van der Waals surface area contributed by atoms with Crippen molar-refractivity contribution in [1.29, 1.82) is 0 Å². The van der Waals surface area contributed by atoms with Crippen LogP contribution >= 0.6 is 0 Å². The van der Waals surface area contributed by atoms with Crippen molar-refractivity contribution in [3.05, 3.63) is 108 Å². The van der Waals surface area contributed by atoms with Crippen molar-refractivity contribution in [2.75, 3.05) is 6.61 Å². The molecule has 0 amide bonds. The van der Waals surface area contributed by atoms with Gasteiger partial charge in [0.25, 0.3) is 0 Å². The summed E-state index contributed by atoms with van der Waals surface area (Å²) in [6, 6.07) is 29.4. The fourth-order valence-corrected chi connectivity index (χ4v) is 3.10. The predicted octanol–water partition coefficient (Wildman–Crippen LogP) is 5.48. The molecule has 148 valence electrons. The van der Waals surface area contributed by atoms with Gasteiger partial charge < -0.3 is 4.74 Å². The third kappa shape index (κ3) is 6.15. The first-order valence-corrected chi connectivity index (χ1v) is 10.2. The second-order valence-electron chi connectivity index (χ2n) is 6.94. The highest BCUT2D eigenvalue weighted by molar-refractivity contribution is 6.13. The molecule has 29 heavy (non-hydrogen) atoms. The Balaban J connectivity index is 1.98. The van der Waals surface area contributed by atoms with Crippen molar-refractivity contribution in [1.82, 2.24) is 0 Å². The summed E-state index contributed by atoms with van der Waals surface area (Å²) in [7, 11) is 0. The summed E-state index contributed by atoms with van der Waals surface area (Å²) in [5.41, 5.74) is 3.84. The molecule has 0 radical (unpaired) electrons. The molecule has 0 spiro atoms. The maximum Gasteiger partial charge on any atom is 0.331 e. The van der Waals surface area contributed by atoms with Gasteiger partial charge in [-0.05, 0) is 12.0 Å². The van der Waals surface area contributed by atoms with Gasteiger partial charge in [-0.15, -0.1) is 0 Å². The average Bonchev–Trinajstić information content (AvgIpc) is 2.78. The lowest BCUT2D eigenvalue weighted by Gasteiger charge is -2.16. The molecule has 3 aromatic carbocycles. The minimum absolute atomic E-state index is 0.272. The normalized spacial score (nSPS) is 11.5. The molecule has 3 nitrogen and oxygen atoms in total. The summed E-state index contributed by atoms with van der Waals surface area (Å²) >= 11 is 0. The van der Waals surface area contributed by atoms with Crippen LogP contribution in [-0.4, -0.2) is 24.3 Å². The van der Waals surface area contributed by atoms with E-state index in [0.717, 1.165) is 35.2 Å². The second kappa shape index (κ2) is 11.0. The molecule has 3 aromatic rings. The Morgan fingerprint density at radius 3 is 1.86 bits per heavy atom. The van der Waals surface area contributed by atoms with Gasteiger partial charge in [-0.3, -0.25) is 4.99 Å². The molecule has 0 aliphatic carbocycles. The van der Waals surface area contributed by atoms with Crippen LogP contribution in [0.1, 0.15) is 36.5 Å². The summed E-state index contributed by atoms with van der Waals surface area (Å²) in [4.78, 5) is 17.8. The lowest BCUT2D eigenvalue weighted by molar-refractivity contribution is -0.145. The quantitative estimate of drug-likeness (QED) is 0.278. The first-order valence-electron chi connectivity index (χ1n) is 10.2. The molecule has 0 aliphatic heterocycles. The van der Waals surface area contributed by atoms with Gasteiger partial charge in [0.05, 0.1) is 12.3 Å². The van der Waals surface area contributed by atoms with Gasteiger partial charge >= 0.3 is 5.97 Å². The Morgan fingerprint density at radius 1 is 0.828 bits per heavy atom. The molecule has 3 heteroatoms. The van der Waals surface area contributed by atoms with Gasteiger partial charge in [0.15, 0.2) is 6.04 Å². The van der Waals surface area contributed by atoms with E-state index in [1.54, 1.807) is 0 Å². The van der Waals surface area contributed by atoms with Gasteiger partial charge in [-0.2, -0.15) is 0 Å². The van der Waals surface area contributed by atoms with Crippen molar-refractivity contribution in [2.45, 2.75) is 32.2 Å². The molecule has 0 heterocycles. The molecular formula is C26H27NO2. The van der Waals surface area contributed by atoms with Crippen molar-refractivity contribution < 1.29 is 9.53 Å². The zero-order valence-corrected chi connectivity index (χ0v) is 16.8. The third-order valence-corrected chi connectivity index (χ3v) is 4.67.